The molecule has 0 unspecified atom stereocenters. The molecule has 0 aliphatic carbocycles. The quantitative estimate of drug-likeness (QED) is 0.643. The maximum Gasteiger partial charge on any atom is 0.244 e. The zero-order valence-corrected chi connectivity index (χ0v) is 16.1. The Hall–Kier alpha value is -2.71. The van der Waals surface area contributed by atoms with E-state index in [4.69, 9.17) is 4.74 Å². The van der Waals surface area contributed by atoms with Crippen LogP contribution < -0.4 is 9.46 Å². The van der Waals surface area contributed by atoms with Gasteiger partial charge in [0, 0.05) is 18.9 Å². The maximum absolute atomic E-state index is 12.7. The summed E-state index contributed by atoms with van der Waals surface area (Å²) in [6.07, 6.45) is 4.26. The first-order chi connectivity index (χ1) is 13.0. The molecular formula is C19H22N4O3S. The third-order valence-electron chi connectivity index (χ3n) is 4.13. The van der Waals surface area contributed by atoms with Crippen molar-refractivity contribution in [1.82, 2.24) is 19.5 Å². The van der Waals surface area contributed by atoms with Crippen molar-refractivity contribution in [2.24, 2.45) is 0 Å². The molecule has 0 bridgehead atoms. The molecule has 27 heavy (non-hydrogen) atoms. The first kappa shape index (κ1) is 19.1. The highest BCUT2D eigenvalue weighted by atomic mass is 32.2. The van der Waals surface area contributed by atoms with E-state index in [2.05, 4.69) is 14.8 Å². The lowest BCUT2D eigenvalue weighted by molar-refractivity contribution is 0.402. The van der Waals surface area contributed by atoms with E-state index >= 15 is 0 Å². The van der Waals surface area contributed by atoms with Gasteiger partial charge in [-0.25, -0.2) is 13.1 Å². The molecule has 0 aliphatic heterocycles. The number of aryl methyl sites for hydroxylation is 1. The molecule has 0 spiro atoms. The van der Waals surface area contributed by atoms with Crippen molar-refractivity contribution in [2.75, 3.05) is 13.7 Å². The van der Waals surface area contributed by atoms with E-state index in [1.54, 1.807) is 29.2 Å². The second-order valence-corrected chi connectivity index (χ2v) is 7.65. The Kier molecular flexibility index (Phi) is 5.88. The van der Waals surface area contributed by atoms with Crippen LogP contribution in [0.15, 0.2) is 59.8 Å². The molecule has 0 atom stereocenters. The summed E-state index contributed by atoms with van der Waals surface area (Å²) < 4.78 is 34.8. The highest BCUT2D eigenvalue weighted by Crippen LogP contribution is 2.25. The van der Waals surface area contributed by atoms with E-state index in [-0.39, 0.29) is 11.4 Å². The topological polar surface area (TPSA) is 86.1 Å². The largest absolute Gasteiger partial charge is 0.495 e. The van der Waals surface area contributed by atoms with E-state index < -0.39 is 10.0 Å². The van der Waals surface area contributed by atoms with Gasteiger partial charge >= 0.3 is 0 Å². The van der Waals surface area contributed by atoms with Crippen LogP contribution in [-0.4, -0.2) is 36.8 Å². The molecule has 0 saturated carbocycles. The fourth-order valence-corrected chi connectivity index (χ4v) is 3.90. The van der Waals surface area contributed by atoms with Crippen LogP contribution >= 0.6 is 0 Å². The van der Waals surface area contributed by atoms with E-state index in [0.29, 0.717) is 12.3 Å². The maximum atomic E-state index is 12.7. The summed E-state index contributed by atoms with van der Waals surface area (Å²) in [5.41, 5.74) is 2.46. The van der Waals surface area contributed by atoms with Crippen molar-refractivity contribution in [3.05, 3.63) is 60.4 Å². The Morgan fingerprint density at radius 2 is 2.00 bits per heavy atom. The lowest BCUT2D eigenvalue weighted by Crippen LogP contribution is -2.28. The predicted octanol–water partition coefficient (Wildman–Crippen LogP) is 2.49. The molecule has 2 heterocycles. The van der Waals surface area contributed by atoms with Gasteiger partial charge in [0.15, 0.2) is 0 Å². The van der Waals surface area contributed by atoms with Gasteiger partial charge in [0.25, 0.3) is 0 Å². The van der Waals surface area contributed by atoms with Gasteiger partial charge in [-0.05, 0) is 42.3 Å². The summed E-state index contributed by atoms with van der Waals surface area (Å²) in [6, 6.07) is 12.7. The van der Waals surface area contributed by atoms with Crippen LogP contribution in [0.1, 0.15) is 12.5 Å². The minimum absolute atomic E-state index is 0.152. The van der Waals surface area contributed by atoms with Gasteiger partial charge in [0.1, 0.15) is 16.3 Å². The SMILES string of the molecule is CCc1ccc(OC)c(S(=O)(=O)NCCn2ccc(-c3ccccn3)n2)c1. The van der Waals surface area contributed by atoms with Crippen LogP contribution in [0.5, 0.6) is 5.75 Å². The van der Waals surface area contributed by atoms with Gasteiger partial charge < -0.3 is 4.74 Å². The molecular weight excluding hydrogens is 364 g/mol. The summed E-state index contributed by atoms with van der Waals surface area (Å²) in [7, 11) is -2.22. The number of ether oxygens (including phenoxy) is 1. The molecule has 2 aromatic heterocycles. The molecule has 0 amide bonds. The molecule has 1 aromatic carbocycles. The second kappa shape index (κ2) is 8.32. The normalized spacial score (nSPS) is 11.5. The summed E-state index contributed by atoms with van der Waals surface area (Å²) in [6.45, 7) is 2.59. The number of sulfonamides is 1. The third-order valence-corrected chi connectivity index (χ3v) is 5.61. The van der Waals surface area contributed by atoms with Gasteiger partial charge in [0.05, 0.1) is 19.3 Å². The van der Waals surface area contributed by atoms with Crippen molar-refractivity contribution in [3.8, 4) is 17.1 Å². The van der Waals surface area contributed by atoms with Gasteiger partial charge in [-0.3, -0.25) is 9.67 Å². The number of methoxy groups -OCH3 is 1. The number of benzene rings is 1. The number of nitrogens with zero attached hydrogens (tertiary/aromatic N) is 3. The van der Waals surface area contributed by atoms with E-state index in [0.717, 1.165) is 23.4 Å². The molecule has 0 aliphatic rings. The first-order valence-corrected chi connectivity index (χ1v) is 10.1. The van der Waals surface area contributed by atoms with E-state index in [1.165, 1.54) is 7.11 Å². The number of rotatable bonds is 8. The number of pyridine rings is 1. The molecule has 0 fully saturated rings. The fraction of sp³-hybridized carbons (Fsp3) is 0.263. The lowest BCUT2D eigenvalue weighted by Gasteiger charge is -2.12. The number of hydrogen-bond donors (Lipinski definition) is 1. The van der Waals surface area contributed by atoms with Crippen LogP contribution in [0, 0.1) is 0 Å². The minimum atomic E-state index is -3.68. The Labute approximate surface area is 159 Å². The van der Waals surface area contributed by atoms with Gasteiger partial charge in [-0.15, -0.1) is 0 Å². The molecule has 8 heteroatoms. The van der Waals surface area contributed by atoms with Crippen LogP contribution in [0.3, 0.4) is 0 Å². The average molecular weight is 386 g/mol. The first-order valence-electron chi connectivity index (χ1n) is 8.65. The van der Waals surface area contributed by atoms with Crippen LogP contribution in [0.25, 0.3) is 11.4 Å². The molecule has 3 rings (SSSR count). The molecule has 7 nitrogen and oxygen atoms in total. The van der Waals surface area contributed by atoms with Crippen LogP contribution in [0.2, 0.25) is 0 Å². The molecule has 142 valence electrons. The number of hydrogen-bond acceptors (Lipinski definition) is 5. The predicted molar refractivity (Wildman–Crippen MR) is 103 cm³/mol. The number of nitrogens with one attached hydrogen (secondary N) is 1. The molecule has 3 aromatic rings. The zero-order valence-electron chi connectivity index (χ0n) is 15.3. The summed E-state index contributed by atoms with van der Waals surface area (Å²) in [4.78, 5) is 4.41. The Bertz CT molecular complexity index is 1000. The van der Waals surface area contributed by atoms with Crippen molar-refractivity contribution in [2.45, 2.75) is 24.8 Å². The minimum Gasteiger partial charge on any atom is -0.495 e. The zero-order chi connectivity index (χ0) is 19.3. The smallest absolute Gasteiger partial charge is 0.244 e. The number of aromatic nitrogens is 3. The Balaban J connectivity index is 1.67. The van der Waals surface area contributed by atoms with E-state index in [9.17, 15) is 8.42 Å². The lowest BCUT2D eigenvalue weighted by atomic mass is 10.2. The second-order valence-electron chi connectivity index (χ2n) is 5.92. The highest BCUT2D eigenvalue weighted by molar-refractivity contribution is 7.89. The third kappa shape index (κ3) is 4.53. The monoisotopic (exact) mass is 386 g/mol. The van der Waals surface area contributed by atoms with Crippen molar-refractivity contribution >= 4 is 10.0 Å². The summed E-state index contributed by atoms with van der Waals surface area (Å²) in [5, 5.41) is 4.43. The highest BCUT2D eigenvalue weighted by Gasteiger charge is 2.19. The standard InChI is InChI=1S/C19H22N4O3S/c1-3-15-7-8-18(26-2)19(14-15)27(24,25)21-11-13-23-12-9-17(22-23)16-6-4-5-10-20-16/h4-10,12,14,21H,3,11,13H2,1-2H3. The van der Waals surface area contributed by atoms with Crippen LogP contribution in [-0.2, 0) is 23.0 Å². The molecule has 0 radical (unpaired) electrons. The average Bonchev–Trinajstić information content (AvgIpc) is 3.17. The summed E-state index contributed by atoms with van der Waals surface area (Å²) in [5.74, 6) is 0.330. The van der Waals surface area contributed by atoms with Gasteiger partial charge in [-0.2, -0.15) is 5.10 Å². The van der Waals surface area contributed by atoms with Crippen LogP contribution in [0.4, 0.5) is 0 Å². The van der Waals surface area contributed by atoms with Crippen molar-refractivity contribution in [1.29, 1.82) is 0 Å². The van der Waals surface area contributed by atoms with Gasteiger partial charge in [-0.1, -0.05) is 19.1 Å². The van der Waals surface area contributed by atoms with Crippen molar-refractivity contribution < 1.29 is 13.2 Å². The molecule has 0 saturated heterocycles. The van der Waals surface area contributed by atoms with Gasteiger partial charge in [0.2, 0.25) is 10.0 Å². The van der Waals surface area contributed by atoms with E-state index in [1.807, 2.05) is 37.3 Å². The Morgan fingerprint density at radius 3 is 2.70 bits per heavy atom. The fourth-order valence-electron chi connectivity index (χ4n) is 2.66. The summed E-state index contributed by atoms with van der Waals surface area (Å²) >= 11 is 0. The molecule has 1 N–H and O–H groups in total. The Morgan fingerprint density at radius 1 is 1.15 bits per heavy atom. The van der Waals surface area contributed by atoms with Crippen molar-refractivity contribution in [3.63, 3.8) is 0 Å².